The highest BCUT2D eigenvalue weighted by molar-refractivity contribution is 6.07. The van der Waals surface area contributed by atoms with E-state index in [-0.39, 0.29) is 24.6 Å². The molecular weight excluding hydrogens is 502 g/mol. The van der Waals surface area contributed by atoms with Crippen LogP contribution in [0.1, 0.15) is 59.8 Å². The molecule has 0 fully saturated rings. The van der Waals surface area contributed by atoms with Crippen molar-refractivity contribution in [3.05, 3.63) is 81.0 Å². The number of nitro groups is 1. The number of aromatic nitrogens is 1. The molecule has 0 unspecified atom stereocenters. The van der Waals surface area contributed by atoms with Gasteiger partial charge in [0.25, 0.3) is 11.6 Å². The van der Waals surface area contributed by atoms with E-state index in [0.717, 1.165) is 29.5 Å². The number of benzene rings is 2. The van der Waals surface area contributed by atoms with Crippen LogP contribution >= 0.6 is 0 Å². The first-order valence-corrected chi connectivity index (χ1v) is 12.8. The summed E-state index contributed by atoms with van der Waals surface area (Å²) >= 11 is 0. The van der Waals surface area contributed by atoms with Crippen LogP contribution in [0.25, 0.3) is 22.6 Å². The lowest BCUT2D eigenvalue weighted by Gasteiger charge is -2.22. The van der Waals surface area contributed by atoms with E-state index >= 15 is 0 Å². The molecule has 0 saturated heterocycles. The Bertz CT molecular complexity index is 1430. The van der Waals surface area contributed by atoms with Crippen LogP contribution in [0.4, 0.5) is 5.69 Å². The first kappa shape index (κ1) is 27.4. The number of fused-ring (bicyclic) bond motifs is 2. The second-order valence-corrected chi connectivity index (χ2v) is 9.04. The quantitative estimate of drug-likeness (QED) is 0.173. The second-order valence-electron chi connectivity index (χ2n) is 9.04. The number of carbonyl (C=O) groups excluding carboxylic acids is 3. The Morgan fingerprint density at radius 3 is 2.59 bits per heavy atom. The molecule has 0 atom stereocenters. The van der Waals surface area contributed by atoms with E-state index in [1.165, 1.54) is 12.1 Å². The van der Waals surface area contributed by atoms with Gasteiger partial charge in [-0.25, -0.2) is 9.78 Å². The Balaban J connectivity index is 1.54. The van der Waals surface area contributed by atoms with Crippen molar-refractivity contribution in [3.8, 4) is 0 Å². The Labute approximate surface area is 225 Å². The van der Waals surface area contributed by atoms with Crippen LogP contribution < -0.4 is 5.32 Å². The van der Waals surface area contributed by atoms with E-state index in [1.807, 2.05) is 30.3 Å². The topological polar surface area (TPSA) is 138 Å². The lowest BCUT2D eigenvalue weighted by Crippen LogP contribution is -2.30. The molecule has 1 aliphatic rings. The molecule has 0 spiro atoms. The van der Waals surface area contributed by atoms with Gasteiger partial charge in [-0.05, 0) is 73.6 Å². The van der Waals surface area contributed by atoms with Crippen molar-refractivity contribution < 1.29 is 28.8 Å². The number of hydrogen-bond acceptors (Lipinski definition) is 8. The molecule has 1 aliphatic carbocycles. The van der Waals surface area contributed by atoms with Crippen molar-refractivity contribution in [2.45, 2.75) is 39.0 Å². The molecule has 10 nitrogen and oxygen atoms in total. The van der Waals surface area contributed by atoms with Crippen LogP contribution in [0.5, 0.6) is 0 Å². The molecule has 1 N–H and O–H groups in total. The zero-order valence-electron chi connectivity index (χ0n) is 21.6. The summed E-state index contributed by atoms with van der Waals surface area (Å²) in [6.45, 7) is 1.85. The lowest BCUT2D eigenvalue weighted by atomic mass is 9.86. The van der Waals surface area contributed by atoms with E-state index < -0.39 is 23.4 Å². The van der Waals surface area contributed by atoms with Crippen molar-refractivity contribution >= 4 is 46.1 Å². The van der Waals surface area contributed by atoms with Gasteiger partial charge in [0.2, 0.25) is 0 Å². The number of carbonyl (C=O) groups is 3. The summed E-state index contributed by atoms with van der Waals surface area (Å²) in [5, 5.41) is 14.3. The van der Waals surface area contributed by atoms with Crippen LogP contribution in [0.3, 0.4) is 0 Å². The van der Waals surface area contributed by atoms with Gasteiger partial charge in [-0.3, -0.25) is 19.7 Å². The number of non-ortho nitro benzene ring substituents is 1. The number of amides is 1. The summed E-state index contributed by atoms with van der Waals surface area (Å²) in [6.07, 6.45) is 4.69. The Kier molecular flexibility index (Phi) is 8.98. The summed E-state index contributed by atoms with van der Waals surface area (Å²) in [5.41, 5.74) is 4.19. The number of nitrogens with one attached hydrogen (secondary N) is 1. The Morgan fingerprint density at radius 1 is 1.08 bits per heavy atom. The number of ether oxygens (including phenoxy) is 2. The second kappa shape index (κ2) is 12.8. The molecule has 1 heterocycles. The van der Waals surface area contributed by atoms with Gasteiger partial charge in [0.15, 0.2) is 6.61 Å². The fraction of sp³-hybridized carbons (Fsp3) is 0.310. The highest BCUT2D eigenvalue weighted by Crippen LogP contribution is 2.36. The fourth-order valence-electron chi connectivity index (χ4n) is 4.55. The van der Waals surface area contributed by atoms with Crippen LogP contribution in [0, 0.1) is 10.1 Å². The molecule has 0 radical (unpaired) electrons. The van der Waals surface area contributed by atoms with E-state index in [2.05, 4.69) is 5.32 Å². The minimum absolute atomic E-state index is 0.0124. The fourth-order valence-corrected chi connectivity index (χ4v) is 4.55. The summed E-state index contributed by atoms with van der Waals surface area (Å²) in [5.74, 6) is -1.39. The molecule has 3 aromatic rings. The molecular formula is C29H29N3O7. The number of para-hydroxylation sites is 1. The van der Waals surface area contributed by atoms with Gasteiger partial charge in [-0.2, -0.15) is 0 Å². The van der Waals surface area contributed by atoms with Crippen molar-refractivity contribution in [2.75, 3.05) is 19.8 Å². The molecule has 0 aliphatic heterocycles. The summed E-state index contributed by atoms with van der Waals surface area (Å²) in [4.78, 5) is 52.4. The summed E-state index contributed by atoms with van der Waals surface area (Å²) in [6, 6.07) is 13.6. The van der Waals surface area contributed by atoms with Crippen molar-refractivity contribution in [1.29, 1.82) is 0 Å². The highest BCUT2D eigenvalue weighted by Gasteiger charge is 2.26. The predicted octanol–water partition coefficient (Wildman–Crippen LogP) is 4.64. The highest BCUT2D eigenvalue weighted by atomic mass is 16.6. The molecule has 4 rings (SSSR count). The van der Waals surface area contributed by atoms with Gasteiger partial charge < -0.3 is 14.8 Å². The van der Waals surface area contributed by atoms with Gasteiger partial charge in [-0.15, -0.1) is 0 Å². The SMILES string of the molecule is CCOC(=O)CCCNC(=O)COC(=O)c1c2c(nc3ccccc13)/C(=C\c1ccc([N+](=O)[O-])cc1)CCC2. The standard InChI is InChI=1S/C29H29N3O7/c1-2-38-26(34)11-6-16-30-25(33)18-39-29(35)27-22-8-3-4-10-24(22)31-28-20(7-5-9-23(27)28)17-19-12-14-21(15-13-19)32(36)37/h3-4,8,10,12-15,17H,2,5-7,9,11,16,18H2,1H3,(H,30,33)/b20-17-. The average Bonchev–Trinajstić information content (AvgIpc) is 2.93. The average molecular weight is 532 g/mol. The molecule has 39 heavy (non-hydrogen) atoms. The third kappa shape index (κ3) is 6.84. The van der Waals surface area contributed by atoms with Gasteiger partial charge in [-0.1, -0.05) is 18.2 Å². The molecule has 2 aromatic carbocycles. The monoisotopic (exact) mass is 531 g/mol. The van der Waals surface area contributed by atoms with E-state index in [9.17, 15) is 24.5 Å². The van der Waals surface area contributed by atoms with Gasteiger partial charge >= 0.3 is 11.9 Å². The normalized spacial score (nSPS) is 13.5. The first-order chi connectivity index (χ1) is 18.9. The summed E-state index contributed by atoms with van der Waals surface area (Å²) in [7, 11) is 0. The number of nitrogens with zero attached hydrogens (tertiary/aromatic N) is 2. The Hall–Kier alpha value is -4.60. The maximum Gasteiger partial charge on any atom is 0.339 e. The summed E-state index contributed by atoms with van der Waals surface area (Å²) < 4.78 is 10.3. The number of allylic oxidation sites excluding steroid dienone is 1. The third-order valence-corrected chi connectivity index (χ3v) is 6.34. The number of nitro benzene ring substituents is 1. The van der Waals surface area contributed by atoms with Crippen LogP contribution in [-0.4, -0.2) is 47.5 Å². The zero-order valence-corrected chi connectivity index (χ0v) is 21.6. The number of esters is 2. The zero-order chi connectivity index (χ0) is 27.8. The smallest absolute Gasteiger partial charge is 0.339 e. The van der Waals surface area contributed by atoms with Crippen LogP contribution in [0.15, 0.2) is 48.5 Å². The molecule has 0 bridgehead atoms. The predicted molar refractivity (Wildman–Crippen MR) is 145 cm³/mol. The van der Waals surface area contributed by atoms with Gasteiger partial charge in [0.1, 0.15) is 0 Å². The minimum Gasteiger partial charge on any atom is -0.466 e. The number of rotatable bonds is 10. The number of pyridine rings is 1. The first-order valence-electron chi connectivity index (χ1n) is 12.8. The maximum atomic E-state index is 13.3. The third-order valence-electron chi connectivity index (χ3n) is 6.34. The van der Waals surface area contributed by atoms with Crippen LogP contribution in [0.2, 0.25) is 0 Å². The maximum absolute atomic E-state index is 13.3. The van der Waals surface area contributed by atoms with Crippen molar-refractivity contribution in [3.63, 3.8) is 0 Å². The molecule has 0 saturated carbocycles. The molecule has 1 amide bonds. The van der Waals surface area contributed by atoms with E-state index in [4.69, 9.17) is 14.5 Å². The molecule has 1 aromatic heterocycles. The van der Waals surface area contributed by atoms with Crippen LogP contribution in [-0.2, 0) is 25.5 Å². The van der Waals surface area contributed by atoms with Gasteiger partial charge in [0, 0.05) is 30.5 Å². The Morgan fingerprint density at radius 2 is 1.85 bits per heavy atom. The van der Waals surface area contributed by atoms with Gasteiger partial charge in [0.05, 0.1) is 28.3 Å². The largest absolute Gasteiger partial charge is 0.466 e. The van der Waals surface area contributed by atoms with E-state index in [1.54, 1.807) is 19.1 Å². The van der Waals surface area contributed by atoms with E-state index in [0.29, 0.717) is 41.6 Å². The van der Waals surface area contributed by atoms with Crippen molar-refractivity contribution in [1.82, 2.24) is 10.3 Å². The lowest BCUT2D eigenvalue weighted by molar-refractivity contribution is -0.384. The molecule has 10 heteroatoms. The minimum atomic E-state index is -0.608. The van der Waals surface area contributed by atoms with Crippen molar-refractivity contribution in [2.24, 2.45) is 0 Å². The molecule has 202 valence electrons. The number of hydrogen-bond donors (Lipinski definition) is 1.